The molecule has 2 aliphatic heterocycles. The van der Waals surface area contributed by atoms with Gasteiger partial charge in [0.05, 0.1) is 16.7 Å². The monoisotopic (exact) mass is 506 g/mol. The topological polar surface area (TPSA) is 141 Å². The largest absolute Gasteiger partial charge is 0.427 e. The van der Waals surface area contributed by atoms with Crippen molar-refractivity contribution >= 4 is 57.6 Å². The van der Waals surface area contributed by atoms with Crippen molar-refractivity contribution in [1.82, 2.24) is 15.2 Å². The lowest BCUT2D eigenvalue weighted by molar-refractivity contribution is -0.173. The van der Waals surface area contributed by atoms with Gasteiger partial charge in [-0.05, 0) is 45.6 Å². The van der Waals surface area contributed by atoms with Crippen molar-refractivity contribution in [2.45, 2.75) is 45.0 Å². The van der Waals surface area contributed by atoms with Crippen LogP contribution in [0.25, 0.3) is 5.57 Å². The Kier molecular flexibility index (Phi) is 6.72. The van der Waals surface area contributed by atoms with Crippen molar-refractivity contribution in [3.63, 3.8) is 0 Å². The molecular formula is C22H26N4O6S2. The van der Waals surface area contributed by atoms with Crippen LogP contribution in [0, 0.1) is 11.3 Å². The minimum absolute atomic E-state index is 0.0760. The summed E-state index contributed by atoms with van der Waals surface area (Å²) in [6.07, 6.45) is 5.47. The van der Waals surface area contributed by atoms with E-state index in [4.69, 9.17) is 15.2 Å². The number of thioether (sulfide) groups is 1. The summed E-state index contributed by atoms with van der Waals surface area (Å²) in [4.78, 5) is 55.8. The molecule has 0 radical (unpaired) electrons. The number of amides is 2. The van der Waals surface area contributed by atoms with Gasteiger partial charge < -0.3 is 20.5 Å². The van der Waals surface area contributed by atoms with Gasteiger partial charge in [-0.15, -0.1) is 23.1 Å². The second-order valence-corrected chi connectivity index (χ2v) is 11.2. The molecule has 34 heavy (non-hydrogen) atoms. The van der Waals surface area contributed by atoms with E-state index in [0.717, 1.165) is 12.8 Å². The number of carbonyl (C=O) groups is 4. The Hall–Kier alpha value is -2.86. The van der Waals surface area contributed by atoms with Crippen molar-refractivity contribution in [2.24, 2.45) is 11.3 Å². The first-order valence-corrected chi connectivity index (χ1v) is 12.7. The van der Waals surface area contributed by atoms with E-state index in [1.807, 2.05) is 6.08 Å². The van der Waals surface area contributed by atoms with Gasteiger partial charge >= 0.3 is 11.9 Å². The van der Waals surface area contributed by atoms with Crippen LogP contribution < -0.4 is 11.1 Å². The van der Waals surface area contributed by atoms with Gasteiger partial charge in [-0.2, -0.15) is 0 Å². The molecular weight excluding hydrogens is 480 g/mol. The molecule has 1 aromatic heterocycles. The number of anilines is 1. The van der Waals surface area contributed by atoms with Crippen molar-refractivity contribution in [3.05, 3.63) is 28.9 Å². The summed E-state index contributed by atoms with van der Waals surface area (Å²) in [7, 11) is 0. The minimum atomic E-state index is -0.786. The number of carbonyl (C=O) groups excluding carboxylic acids is 4. The van der Waals surface area contributed by atoms with Crippen molar-refractivity contribution < 1.29 is 28.7 Å². The van der Waals surface area contributed by atoms with Crippen molar-refractivity contribution in [2.75, 3.05) is 18.3 Å². The molecule has 1 aliphatic carbocycles. The molecule has 12 heteroatoms. The maximum absolute atomic E-state index is 13.1. The number of fused-ring (bicyclic) bond motifs is 1. The van der Waals surface area contributed by atoms with Gasteiger partial charge in [0.15, 0.2) is 5.13 Å². The van der Waals surface area contributed by atoms with Crippen molar-refractivity contribution in [3.8, 4) is 0 Å². The number of β-lactam (4-membered cyclic amide) rings is 1. The Morgan fingerprint density at radius 3 is 2.65 bits per heavy atom. The second-order valence-electron chi connectivity index (χ2n) is 9.19. The van der Waals surface area contributed by atoms with Gasteiger partial charge in [-0.25, -0.2) is 9.78 Å². The molecule has 0 aromatic carbocycles. The zero-order chi connectivity index (χ0) is 24.6. The highest BCUT2D eigenvalue weighted by Crippen LogP contribution is 2.39. The molecule has 1 saturated carbocycles. The fraction of sp³-hybridized carbons (Fsp3) is 0.500. The lowest BCUT2D eigenvalue weighted by atomic mass is 9.98. The van der Waals surface area contributed by atoms with E-state index in [1.54, 1.807) is 32.2 Å². The highest BCUT2D eigenvalue weighted by atomic mass is 32.2. The van der Waals surface area contributed by atoms with E-state index in [2.05, 4.69) is 10.3 Å². The van der Waals surface area contributed by atoms with Crippen LogP contribution in [0.4, 0.5) is 5.13 Å². The van der Waals surface area contributed by atoms with Gasteiger partial charge in [0.25, 0.3) is 11.8 Å². The van der Waals surface area contributed by atoms with Gasteiger partial charge in [-0.3, -0.25) is 19.3 Å². The number of nitrogen functional groups attached to an aromatic ring is 1. The first-order chi connectivity index (χ1) is 16.1. The number of esters is 2. The van der Waals surface area contributed by atoms with Crippen LogP contribution in [0.5, 0.6) is 0 Å². The zero-order valence-electron chi connectivity index (χ0n) is 19.0. The van der Waals surface area contributed by atoms with E-state index >= 15 is 0 Å². The first-order valence-electron chi connectivity index (χ1n) is 10.8. The summed E-state index contributed by atoms with van der Waals surface area (Å²) in [5, 5.41) is 4.44. The van der Waals surface area contributed by atoms with E-state index in [9.17, 15) is 19.2 Å². The summed E-state index contributed by atoms with van der Waals surface area (Å²) in [6, 6.07) is -0.786. The molecule has 10 nitrogen and oxygen atoms in total. The normalized spacial score (nSPS) is 22.3. The van der Waals surface area contributed by atoms with Gasteiger partial charge in [-0.1, -0.05) is 6.08 Å². The Morgan fingerprint density at radius 2 is 2.03 bits per heavy atom. The summed E-state index contributed by atoms with van der Waals surface area (Å²) < 4.78 is 10.0. The quantitative estimate of drug-likeness (QED) is 0.245. The smallest absolute Gasteiger partial charge is 0.357 e. The van der Waals surface area contributed by atoms with Crippen LogP contribution in [0.2, 0.25) is 0 Å². The van der Waals surface area contributed by atoms with Crippen molar-refractivity contribution in [1.29, 1.82) is 0 Å². The zero-order valence-corrected chi connectivity index (χ0v) is 20.7. The number of thiazole rings is 1. The standard InChI is InChI=1S/C22H26N4O6S2/c1-22(2,3)20(30)32-10-31-19(29)14-6-7-33-18-15(17(28)26(14)18)25-16(27)12(8-11-4-5-11)13-9-34-21(23)24-13/h6,8-9,11,15,18H,4-5,7,10H2,1-3H3,(H2,23,24)(H,25,27)/t15-,18+/m1/s1. The average Bonchev–Trinajstić information content (AvgIpc) is 3.51. The molecule has 1 aromatic rings. The predicted octanol–water partition coefficient (Wildman–Crippen LogP) is 1.89. The first kappa shape index (κ1) is 24.3. The third-order valence-corrected chi connectivity index (χ3v) is 7.26. The van der Waals surface area contributed by atoms with Crippen LogP contribution in [0.3, 0.4) is 0 Å². The Labute approximate surface area is 204 Å². The number of hydrogen-bond acceptors (Lipinski definition) is 10. The number of aromatic nitrogens is 1. The van der Waals surface area contributed by atoms with Crippen LogP contribution in [0.1, 0.15) is 39.3 Å². The van der Waals surface area contributed by atoms with Gasteiger partial charge in [0, 0.05) is 11.1 Å². The fourth-order valence-electron chi connectivity index (χ4n) is 3.36. The molecule has 0 unspecified atom stereocenters. The highest BCUT2D eigenvalue weighted by Gasteiger charge is 2.53. The fourth-order valence-corrected chi connectivity index (χ4v) is 5.12. The van der Waals surface area contributed by atoms with E-state index in [-0.39, 0.29) is 5.70 Å². The number of nitrogens with two attached hydrogens (primary N) is 1. The van der Waals surface area contributed by atoms with Crippen LogP contribution in [-0.2, 0) is 28.7 Å². The van der Waals surface area contributed by atoms with E-state index in [1.165, 1.54) is 28.0 Å². The average molecular weight is 507 g/mol. The maximum atomic E-state index is 13.1. The third kappa shape index (κ3) is 5.12. The lowest BCUT2D eigenvalue weighted by Crippen LogP contribution is -2.70. The summed E-state index contributed by atoms with van der Waals surface area (Å²) in [5.41, 5.74) is 5.97. The number of nitrogens with one attached hydrogen (secondary N) is 1. The Bertz CT molecular complexity index is 1090. The third-order valence-electron chi connectivity index (χ3n) is 5.40. The van der Waals surface area contributed by atoms with Crippen LogP contribution in [0.15, 0.2) is 23.2 Å². The highest BCUT2D eigenvalue weighted by molar-refractivity contribution is 8.00. The van der Waals surface area contributed by atoms with Gasteiger partial charge in [0.1, 0.15) is 17.1 Å². The maximum Gasteiger partial charge on any atom is 0.357 e. The van der Waals surface area contributed by atoms with E-state index < -0.39 is 47.4 Å². The number of allylic oxidation sites excluding steroid dienone is 1. The molecule has 2 amide bonds. The molecule has 2 atom stereocenters. The number of nitrogens with zero attached hydrogens (tertiary/aromatic N) is 2. The summed E-state index contributed by atoms with van der Waals surface area (Å²) >= 11 is 2.67. The summed E-state index contributed by atoms with van der Waals surface area (Å²) in [5.74, 6) is -1.31. The predicted molar refractivity (Wildman–Crippen MR) is 127 cm³/mol. The molecule has 0 spiro atoms. The molecule has 182 valence electrons. The molecule has 3 heterocycles. The Balaban J connectivity index is 1.38. The molecule has 3 aliphatic rings. The van der Waals surface area contributed by atoms with Crippen LogP contribution in [-0.4, -0.2) is 57.6 Å². The number of hydrogen-bond donors (Lipinski definition) is 2. The molecule has 1 saturated heterocycles. The SMILES string of the molecule is CC(C)(C)C(=O)OCOC(=O)C1=CCS[C@H]2[C@H](NC(=O)C(=CC3CC3)c3csc(N)n3)C(=O)N12. The molecule has 0 bridgehead atoms. The summed E-state index contributed by atoms with van der Waals surface area (Å²) in [6.45, 7) is 4.51. The van der Waals surface area contributed by atoms with Gasteiger partial charge in [0.2, 0.25) is 6.79 Å². The molecule has 4 rings (SSSR count). The van der Waals surface area contributed by atoms with E-state index in [0.29, 0.717) is 28.1 Å². The minimum Gasteiger partial charge on any atom is -0.427 e. The number of ether oxygens (including phenoxy) is 2. The molecule has 3 N–H and O–H groups in total. The molecule has 2 fully saturated rings. The second kappa shape index (κ2) is 9.41. The van der Waals surface area contributed by atoms with Crippen LogP contribution >= 0.6 is 23.1 Å². The lowest BCUT2D eigenvalue weighted by Gasteiger charge is -2.48. The number of rotatable bonds is 7. The Morgan fingerprint density at radius 1 is 1.29 bits per heavy atom.